The lowest BCUT2D eigenvalue weighted by Crippen LogP contribution is -2.27. The highest BCUT2D eigenvalue weighted by Gasteiger charge is 2.16. The van der Waals surface area contributed by atoms with Crippen molar-refractivity contribution in [3.63, 3.8) is 0 Å². The average molecular weight is 334 g/mol. The maximum absolute atomic E-state index is 11.7. The normalized spacial score (nSPS) is 11.0. The second kappa shape index (κ2) is 6.87. The minimum atomic E-state index is -0.539. The number of nitrogens with zero attached hydrogens (tertiary/aromatic N) is 1. The first-order valence-electron chi connectivity index (χ1n) is 7.23. The maximum atomic E-state index is 11.7. The molecular formula is C17H20ClN3O2. The second-order valence-corrected chi connectivity index (χ2v) is 6.50. The molecule has 2 aromatic rings. The van der Waals surface area contributed by atoms with Crippen LogP contribution in [0.3, 0.4) is 0 Å². The monoisotopic (exact) mass is 333 g/mol. The van der Waals surface area contributed by atoms with Crippen LogP contribution in [0.15, 0.2) is 36.5 Å². The average Bonchev–Trinajstić information content (AvgIpc) is 2.44. The van der Waals surface area contributed by atoms with Crippen LogP contribution in [-0.2, 0) is 4.74 Å². The van der Waals surface area contributed by atoms with Gasteiger partial charge in [0.15, 0.2) is 0 Å². The number of halogens is 1. The van der Waals surface area contributed by atoms with Gasteiger partial charge in [0.2, 0.25) is 0 Å². The van der Waals surface area contributed by atoms with Gasteiger partial charge in [0.25, 0.3) is 0 Å². The fourth-order valence-corrected chi connectivity index (χ4v) is 2.02. The summed E-state index contributed by atoms with van der Waals surface area (Å²) in [4.78, 5) is 16.0. The molecule has 0 fully saturated rings. The molecule has 2 N–H and O–H groups in total. The van der Waals surface area contributed by atoms with Crippen LogP contribution in [0.5, 0.6) is 0 Å². The number of carbonyl (C=O) groups is 1. The molecule has 0 unspecified atom stereocenters. The van der Waals surface area contributed by atoms with Gasteiger partial charge in [0.05, 0.1) is 11.9 Å². The lowest BCUT2D eigenvalue weighted by atomic mass is 10.2. The number of nitrogens with one attached hydrogen (secondary N) is 2. The molecule has 0 spiro atoms. The summed E-state index contributed by atoms with van der Waals surface area (Å²) < 4.78 is 5.19. The smallest absolute Gasteiger partial charge is 0.412 e. The number of hydrogen-bond donors (Lipinski definition) is 2. The van der Waals surface area contributed by atoms with Crippen LogP contribution in [0, 0.1) is 6.92 Å². The maximum Gasteiger partial charge on any atom is 0.412 e. The molecule has 122 valence electrons. The molecule has 0 bridgehead atoms. The molecule has 2 rings (SSSR count). The minimum Gasteiger partial charge on any atom is -0.444 e. The van der Waals surface area contributed by atoms with Gasteiger partial charge in [-0.25, -0.2) is 9.78 Å². The van der Waals surface area contributed by atoms with Gasteiger partial charge < -0.3 is 10.1 Å². The highest BCUT2D eigenvalue weighted by Crippen LogP contribution is 2.25. The van der Waals surface area contributed by atoms with Crippen LogP contribution in [0.4, 0.5) is 22.0 Å². The predicted molar refractivity (Wildman–Crippen MR) is 93.6 cm³/mol. The highest BCUT2D eigenvalue weighted by molar-refractivity contribution is 6.31. The van der Waals surface area contributed by atoms with E-state index in [1.165, 1.54) is 0 Å². The Morgan fingerprint density at radius 2 is 1.96 bits per heavy atom. The molecule has 1 amide bonds. The Hall–Kier alpha value is -2.27. The van der Waals surface area contributed by atoms with Crippen LogP contribution in [0.2, 0.25) is 5.02 Å². The lowest BCUT2D eigenvalue weighted by Gasteiger charge is -2.19. The summed E-state index contributed by atoms with van der Waals surface area (Å²) in [6.07, 6.45) is 1.05. The summed E-state index contributed by atoms with van der Waals surface area (Å²) >= 11 is 6.09. The van der Waals surface area contributed by atoms with E-state index < -0.39 is 11.7 Å². The number of carbonyl (C=O) groups excluding carboxylic acids is 1. The Kier molecular flexibility index (Phi) is 5.11. The second-order valence-electron chi connectivity index (χ2n) is 6.10. The first-order valence-corrected chi connectivity index (χ1v) is 7.60. The Balaban J connectivity index is 2.02. The summed E-state index contributed by atoms with van der Waals surface area (Å²) in [5.74, 6) is 0.658. The van der Waals surface area contributed by atoms with Crippen molar-refractivity contribution in [2.24, 2.45) is 0 Å². The topological polar surface area (TPSA) is 63.2 Å². The molecule has 23 heavy (non-hydrogen) atoms. The van der Waals surface area contributed by atoms with E-state index in [1.807, 2.05) is 45.9 Å². The highest BCUT2D eigenvalue weighted by atomic mass is 35.5. The van der Waals surface area contributed by atoms with E-state index in [9.17, 15) is 4.79 Å². The van der Waals surface area contributed by atoms with Gasteiger partial charge in [0.1, 0.15) is 11.4 Å². The van der Waals surface area contributed by atoms with Crippen LogP contribution in [0.1, 0.15) is 26.3 Å². The van der Waals surface area contributed by atoms with Gasteiger partial charge >= 0.3 is 6.09 Å². The molecule has 0 aliphatic carbocycles. The van der Waals surface area contributed by atoms with Crippen LogP contribution in [0.25, 0.3) is 0 Å². The predicted octanol–water partition coefficient (Wildman–Crippen LogP) is 5.13. The zero-order valence-corrected chi connectivity index (χ0v) is 14.4. The first kappa shape index (κ1) is 17.1. The third kappa shape index (κ3) is 5.14. The van der Waals surface area contributed by atoms with Crippen LogP contribution < -0.4 is 10.6 Å². The summed E-state index contributed by atoms with van der Waals surface area (Å²) in [7, 11) is 0. The molecule has 5 nitrogen and oxygen atoms in total. The number of ether oxygens (including phenoxy) is 1. The van der Waals surface area contributed by atoms with Gasteiger partial charge in [0, 0.05) is 10.7 Å². The third-order valence-corrected chi connectivity index (χ3v) is 3.35. The number of benzene rings is 1. The lowest BCUT2D eigenvalue weighted by molar-refractivity contribution is 0.0636. The number of aromatic nitrogens is 1. The van der Waals surface area contributed by atoms with E-state index in [-0.39, 0.29) is 0 Å². The van der Waals surface area contributed by atoms with Crippen molar-refractivity contribution in [3.8, 4) is 0 Å². The fourth-order valence-electron chi connectivity index (χ4n) is 1.84. The minimum absolute atomic E-state index is 0.509. The number of rotatable bonds is 3. The van der Waals surface area contributed by atoms with E-state index >= 15 is 0 Å². The summed E-state index contributed by atoms with van der Waals surface area (Å²) in [6, 6.07) is 9.15. The van der Waals surface area contributed by atoms with E-state index in [0.717, 1.165) is 11.3 Å². The zero-order chi connectivity index (χ0) is 17.0. The van der Waals surface area contributed by atoms with Crippen LogP contribution in [-0.4, -0.2) is 16.7 Å². The van der Waals surface area contributed by atoms with Gasteiger partial charge in [-0.3, -0.25) is 5.32 Å². The zero-order valence-electron chi connectivity index (χ0n) is 13.6. The van der Waals surface area contributed by atoms with E-state index in [4.69, 9.17) is 16.3 Å². The van der Waals surface area contributed by atoms with E-state index in [2.05, 4.69) is 15.6 Å². The van der Waals surface area contributed by atoms with Crippen molar-refractivity contribution in [1.82, 2.24) is 4.98 Å². The van der Waals surface area contributed by atoms with Crippen molar-refractivity contribution in [2.45, 2.75) is 33.3 Å². The Bertz CT molecular complexity index is 694. The van der Waals surface area contributed by atoms with Crippen LogP contribution >= 0.6 is 11.6 Å². The number of anilines is 3. The Morgan fingerprint density at radius 1 is 1.22 bits per heavy atom. The van der Waals surface area contributed by atoms with E-state index in [0.29, 0.717) is 16.5 Å². The van der Waals surface area contributed by atoms with Crippen molar-refractivity contribution in [2.75, 3.05) is 10.6 Å². The Morgan fingerprint density at radius 3 is 2.57 bits per heavy atom. The molecule has 1 aromatic heterocycles. The molecule has 0 saturated carbocycles. The van der Waals surface area contributed by atoms with Crippen molar-refractivity contribution in [1.29, 1.82) is 0 Å². The molecule has 0 aliphatic heterocycles. The standard InChI is InChI=1S/C17H20ClN3O2/c1-11-13(18)6-5-7-14(11)21-15-9-8-12(10-19-15)20-16(22)23-17(2,3)4/h5-10H,1-4H3,(H,19,21)(H,20,22). The van der Waals surface area contributed by atoms with E-state index in [1.54, 1.807) is 18.3 Å². The van der Waals surface area contributed by atoms with Crippen molar-refractivity contribution < 1.29 is 9.53 Å². The summed E-state index contributed by atoms with van der Waals surface area (Å²) in [5.41, 5.74) is 1.86. The molecule has 0 aliphatic rings. The molecule has 6 heteroatoms. The quantitative estimate of drug-likeness (QED) is 0.816. The Labute approximate surface area is 141 Å². The molecule has 1 aromatic carbocycles. The number of pyridine rings is 1. The first-order chi connectivity index (χ1) is 10.7. The fraction of sp³-hybridized carbons (Fsp3) is 0.294. The van der Waals surface area contributed by atoms with Gasteiger partial charge in [-0.1, -0.05) is 17.7 Å². The summed E-state index contributed by atoms with van der Waals surface area (Å²) in [6.45, 7) is 7.37. The largest absolute Gasteiger partial charge is 0.444 e. The SMILES string of the molecule is Cc1c(Cl)cccc1Nc1ccc(NC(=O)OC(C)(C)C)cn1. The molecule has 0 atom stereocenters. The molecule has 1 heterocycles. The number of hydrogen-bond acceptors (Lipinski definition) is 4. The van der Waals surface area contributed by atoms with Gasteiger partial charge in [-0.15, -0.1) is 0 Å². The number of amides is 1. The summed E-state index contributed by atoms with van der Waals surface area (Å²) in [5, 5.41) is 6.52. The van der Waals surface area contributed by atoms with Crippen molar-refractivity contribution >= 4 is 34.9 Å². The molecule has 0 saturated heterocycles. The van der Waals surface area contributed by atoms with Gasteiger partial charge in [-0.2, -0.15) is 0 Å². The third-order valence-electron chi connectivity index (χ3n) is 2.94. The molecular weight excluding hydrogens is 314 g/mol. The molecule has 0 radical (unpaired) electrons. The van der Waals surface area contributed by atoms with Crippen molar-refractivity contribution in [3.05, 3.63) is 47.1 Å². The van der Waals surface area contributed by atoms with Gasteiger partial charge in [-0.05, 0) is 57.5 Å².